The Bertz CT molecular complexity index is 630. The maximum absolute atomic E-state index is 12.1. The number of carbonyl (C=O) groups excluding carboxylic acids is 1. The second kappa shape index (κ2) is 6.30. The van der Waals surface area contributed by atoms with E-state index in [0.717, 1.165) is 6.07 Å². The standard InChI is InChI=1S/C12H16Cl2N2O3S/c1-6(2)7(3)16-12(17)9-4-8(13)5-10(11(9)14)20(15,18)19/h4-7H,1-3H3,(H,16,17)(H2,15,18,19). The summed E-state index contributed by atoms with van der Waals surface area (Å²) < 4.78 is 22.8. The van der Waals surface area contributed by atoms with E-state index in [9.17, 15) is 13.2 Å². The molecular formula is C12H16Cl2N2O3S. The average molecular weight is 339 g/mol. The highest BCUT2D eigenvalue weighted by Crippen LogP contribution is 2.28. The topological polar surface area (TPSA) is 89.3 Å². The van der Waals surface area contributed by atoms with Gasteiger partial charge in [-0.3, -0.25) is 4.79 Å². The lowest BCUT2D eigenvalue weighted by molar-refractivity contribution is 0.0930. The van der Waals surface area contributed by atoms with E-state index in [4.69, 9.17) is 28.3 Å². The van der Waals surface area contributed by atoms with Crippen LogP contribution in [0.1, 0.15) is 31.1 Å². The normalized spacial score (nSPS) is 13.3. The fraction of sp³-hybridized carbons (Fsp3) is 0.417. The molecule has 1 aromatic carbocycles. The van der Waals surface area contributed by atoms with Gasteiger partial charge in [0, 0.05) is 11.1 Å². The van der Waals surface area contributed by atoms with Crippen LogP contribution < -0.4 is 10.5 Å². The first-order valence-corrected chi connectivity index (χ1v) is 8.17. The quantitative estimate of drug-likeness (QED) is 0.883. The van der Waals surface area contributed by atoms with Gasteiger partial charge >= 0.3 is 0 Å². The fourth-order valence-electron chi connectivity index (χ4n) is 1.39. The molecule has 0 heterocycles. The van der Waals surface area contributed by atoms with Gasteiger partial charge in [-0.1, -0.05) is 37.0 Å². The predicted molar refractivity (Wildman–Crippen MR) is 79.6 cm³/mol. The van der Waals surface area contributed by atoms with Crippen molar-refractivity contribution in [1.29, 1.82) is 0 Å². The molecule has 0 aromatic heterocycles. The van der Waals surface area contributed by atoms with E-state index in [2.05, 4.69) is 5.32 Å². The summed E-state index contributed by atoms with van der Waals surface area (Å²) >= 11 is 11.8. The highest BCUT2D eigenvalue weighted by atomic mass is 35.5. The molecule has 0 saturated heterocycles. The minimum Gasteiger partial charge on any atom is -0.349 e. The van der Waals surface area contributed by atoms with Crippen LogP contribution in [-0.4, -0.2) is 20.4 Å². The van der Waals surface area contributed by atoms with E-state index in [1.165, 1.54) is 6.07 Å². The first kappa shape index (κ1) is 17.2. The Morgan fingerprint density at radius 3 is 2.25 bits per heavy atom. The SMILES string of the molecule is CC(C)C(C)NC(=O)c1cc(Cl)cc(S(N)(=O)=O)c1Cl. The molecule has 0 fully saturated rings. The van der Waals surface area contributed by atoms with Crippen molar-refractivity contribution < 1.29 is 13.2 Å². The molecule has 1 unspecified atom stereocenters. The molecular weight excluding hydrogens is 323 g/mol. The third-order valence-corrected chi connectivity index (χ3v) is 4.59. The van der Waals surface area contributed by atoms with E-state index < -0.39 is 15.9 Å². The summed E-state index contributed by atoms with van der Waals surface area (Å²) in [6.07, 6.45) is 0. The number of primary sulfonamides is 1. The van der Waals surface area contributed by atoms with Crippen LogP contribution in [0, 0.1) is 5.92 Å². The minimum atomic E-state index is -4.05. The molecule has 0 saturated carbocycles. The zero-order valence-electron chi connectivity index (χ0n) is 11.3. The zero-order valence-corrected chi connectivity index (χ0v) is 13.6. The van der Waals surface area contributed by atoms with E-state index in [1.807, 2.05) is 20.8 Å². The first-order chi connectivity index (χ1) is 9.04. The predicted octanol–water partition coefficient (Wildman–Crippen LogP) is 2.42. The number of nitrogens with two attached hydrogens (primary N) is 1. The van der Waals surface area contributed by atoms with Gasteiger partial charge in [0.15, 0.2) is 0 Å². The molecule has 0 spiro atoms. The summed E-state index contributed by atoms with van der Waals surface area (Å²) in [5.41, 5.74) is -0.0179. The Morgan fingerprint density at radius 1 is 1.25 bits per heavy atom. The minimum absolute atomic E-state index is 0.0179. The molecule has 0 bridgehead atoms. The number of hydrogen-bond donors (Lipinski definition) is 2. The van der Waals surface area contributed by atoms with E-state index in [0.29, 0.717) is 0 Å². The summed E-state index contributed by atoms with van der Waals surface area (Å²) in [6, 6.07) is 2.32. The lowest BCUT2D eigenvalue weighted by atomic mass is 10.1. The molecule has 0 aliphatic rings. The second-order valence-electron chi connectivity index (χ2n) is 4.82. The van der Waals surface area contributed by atoms with Crippen LogP contribution in [0.2, 0.25) is 10.0 Å². The summed E-state index contributed by atoms with van der Waals surface area (Å²) in [6.45, 7) is 5.72. The van der Waals surface area contributed by atoms with Gasteiger partial charge in [-0.05, 0) is 25.0 Å². The molecule has 0 radical (unpaired) electrons. The number of rotatable bonds is 4. The largest absolute Gasteiger partial charge is 0.349 e. The Balaban J connectivity index is 3.26. The van der Waals surface area contributed by atoms with E-state index >= 15 is 0 Å². The molecule has 0 aliphatic carbocycles. The van der Waals surface area contributed by atoms with Gasteiger partial charge in [-0.2, -0.15) is 0 Å². The van der Waals surface area contributed by atoms with Crippen LogP contribution in [0.5, 0.6) is 0 Å². The van der Waals surface area contributed by atoms with Crippen LogP contribution >= 0.6 is 23.2 Å². The Kier molecular flexibility index (Phi) is 5.43. The Hall–Kier alpha value is -0.820. The molecule has 1 amide bonds. The maximum Gasteiger partial charge on any atom is 0.253 e. The van der Waals surface area contributed by atoms with Gasteiger partial charge in [0.1, 0.15) is 4.90 Å². The lowest BCUT2D eigenvalue weighted by Gasteiger charge is -2.18. The van der Waals surface area contributed by atoms with Crippen molar-refractivity contribution in [3.05, 3.63) is 27.7 Å². The van der Waals surface area contributed by atoms with Gasteiger partial charge in [0.25, 0.3) is 5.91 Å². The van der Waals surface area contributed by atoms with Crippen LogP contribution in [0.4, 0.5) is 0 Å². The van der Waals surface area contributed by atoms with Gasteiger partial charge in [-0.15, -0.1) is 0 Å². The van der Waals surface area contributed by atoms with E-state index in [-0.39, 0.29) is 32.5 Å². The summed E-state index contributed by atoms with van der Waals surface area (Å²) in [5.74, 6) is -0.279. The molecule has 1 atom stereocenters. The molecule has 3 N–H and O–H groups in total. The highest BCUT2D eigenvalue weighted by Gasteiger charge is 2.22. The molecule has 5 nitrogen and oxygen atoms in total. The maximum atomic E-state index is 12.1. The van der Waals surface area contributed by atoms with Crippen LogP contribution in [0.3, 0.4) is 0 Å². The Labute approximate surface area is 128 Å². The van der Waals surface area contributed by atoms with Crippen molar-refractivity contribution >= 4 is 39.1 Å². The Morgan fingerprint density at radius 2 is 1.80 bits per heavy atom. The molecule has 1 aromatic rings. The average Bonchev–Trinajstić information content (AvgIpc) is 2.29. The van der Waals surface area contributed by atoms with Crippen LogP contribution in [0.15, 0.2) is 17.0 Å². The van der Waals surface area contributed by atoms with Crippen molar-refractivity contribution in [2.24, 2.45) is 11.1 Å². The second-order valence-corrected chi connectivity index (χ2v) is 7.16. The van der Waals surface area contributed by atoms with E-state index in [1.54, 1.807) is 0 Å². The number of halogens is 2. The molecule has 1 rings (SSSR count). The van der Waals surface area contributed by atoms with Crippen molar-refractivity contribution in [3.8, 4) is 0 Å². The monoisotopic (exact) mass is 338 g/mol. The fourth-order valence-corrected chi connectivity index (χ4v) is 2.84. The third kappa shape index (κ3) is 4.09. The number of hydrogen-bond acceptors (Lipinski definition) is 3. The number of carbonyl (C=O) groups is 1. The van der Waals surface area contributed by atoms with Gasteiger partial charge in [0.2, 0.25) is 10.0 Å². The number of benzene rings is 1. The first-order valence-electron chi connectivity index (χ1n) is 5.86. The smallest absolute Gasteiger partial charge is 0.253 e. The van der Waals surface area contributed by atoms with Crippen molar-refractivity contribution in [3.63, 3.8) is 0 Å². The molecule has 8 heteroatoms. The molecule has 112 valence electrons. The number of nitrogens with one attached hydrogen (secondary N) is 1. The molecule has 20 heavy (non-hydrogen) atoms. The van der Waals surface area contributed by atoms with Crippen molar-refractivity contribution in [2.75, 3.05) is 0 Å². The summed E-state index contributed by atoms with van der Waals surface area (Å²) in [4.78, 5) is 11.8. The number of amides is 1. The van der Waals surface area contributed by atoms with Gasteiger partial charge in [-0.25, -0.2) is 13.6 Å². The number of sulfonamides is 1. The summed E-state index contributed by atoms with van der Waals surface area (Å²) in [7, 11) is -4.05. The lowest BCUT2D eigenvalue weighted by Crippen LogP contribution is -2.36. The zero-order chi connectivity index (χ0) is 15.7. The van der Waals surface area contributed by atoms with Gasteiger partial charge in [0.05, 0.1) is 10.6 Å². The summed E-state index contributed by atoms with van der Waals surface area (Å²) in [5, 5.41) is 7.61. The van der Waals surface area contributed by atoms with Crippen LogP contribution in [-0.2, 0) is 10.0 Å². The molecule has 0 aliphatic heterocycles. The third-order valence-electron chi connectivity index (χ3n) is 2.91. The van der Waals surface area contributed by atoms with Crippen molar-refractivity contribution in [2.45, 2.75) is 31.7 Å². The van der Waals surface area contributed by atoms with Gasteiger partial charge < -0.3 is 5.32 Å². The van der Waals surface area contributed by atoms with Crippen molar-refractivity contribution in [1.82, 2.24) is 5.32 Å². The highest BCUT2D eigenvalue weighted by molar-refractivity contribution is 7.89. The van der Waals surface area contributed by atoms with Crippen LogP contribution in [0.25, 0.3) is 0 Å².